The first-order valence-corrected chi connectivity index (χ1v) is 6.37. The number of fused-ring (bicyclic) bond motifs is 2. The number of ketones is 1. The highest BCUT2D eigenvalue weighted by molar-refractivity contribution is 6.26. The van der Waals surface area contributed by atoms with Crippen molar-refractivity contribution in [3.05, 3.63) is 53.1 Å². The van der Waals surface area contributed by atoms with Gasteiger partial charge in [0.2, 0.25) is 0 Å². The Bertz CT molecular complexity index is 923. The predicted molar refractivity (Wildman–Crippen MR) is 74.2 cm³/mol. The van der Waals surface area contributed by atoms with Gasteiger partial charge in [-0.1, -0.05) is 29.4 Å². The number of benzene rings is 2. The van der Waals surface area contributed by atoms with E-state index in [1.807, 2.05) is 6.07 Å². The van der Waals surface area contributed by atoms with Gasteiger partial charge in [-0.25, -0.2) is 4.79 Å². The molecule has 0 amide bonds. The predicted octanol–water partition coefficient (Wildman–Crippen LogP) is 2.83. The van der Waals surface area contributed by atoms with Crippen LogP contribution >= 0.6 is 0 Å². The van der Waals surface area contributed by atoms with E-state index in [9.17, 15) is 9.59 Å². The Hall–Kier alpha value is -2.95. The van der Waals surface area contributed by atoms with E-state index in [-0.39, 0.29) is 5.78 Å². The molecule has 0 saturated carbocycles. The fourth-order valence-electron chi connectivity index (χ4n) is 2.72. The molecule has 0 N–H and O–H groups in total. The summed E-state index contributed by atoms with van der Waals surface area (Å²) in [5.74, 6) is -0.0867. The van der Waals surface area contributed by atoms with Gasteiger partial charge in [-0.05, 0) is 12.1 Å². The lowest BCUT2D eigenvalue weighted by molar-refractivity contribution is 0.0602. The molecule has 102 valence electrons. The second kappa shape index (κ2) is 4.02. The summed E-state index contributed by atoms with van der Waals surface area (Å²) in [4.78, 5) is 24.4. The van der Waals surface area contributed by atoms with Gasteiger partial charge in [-0.15, -0.1) is 0 Å². The van der Waals surface area contributed by atoms with Crippen LogP contribution in [0.1, 0.15) is 26.3 Å². The van der Waals surface area contributed by atoms with Crippen molar-refractivity contribution in [2.45, 2.75) is 0 Å². The number of esters is 1. The van der Waals surface area contributed by atoms with Crippen LogP contribution in [-0.4, -0.2) is 24.0 Å². The van der Waals surface area contributed by atoms with Gasteiger partial charge in [-0.3, -0.25) is 4.79 Å². The van der Waals surface area contributed by atoms with Crippen LogP contribution in [0.2, 0.25) is 0 Å². The molecule has 4 rings (SSSR count). The second-order valence-electron chi connectivity index (χ2n) is 4.76. The highest BCUT2D eigenvalue weighted by Gasteiger charge is 2.30. The van der Waals surface area contributed by atoms with E-state index in [4.69, 9.17) is 9.26 Å². The van der Waals surface area contributed by atoms with Crippen LogP contribution in [0.15, 0.2) is 40.9 Å². The SMILES string of the molecule is COC(=O)c1ccc2c3c(onc13)-c1ccccc1C2=O. The lowest BCUT2D eigenvalue weighted by Crippen LogP contribution is -2.10. The number of hydrogen-bond donors (Lipinski definition) is 0. The van der Waals surface area contributed by atoms with Gasteiger partial charge < -0.3 is 9.26 Å². The average Bonchev–Trinajstić information content (AvgIpc) is 2.97. The molecule has 0 aliphatic heterocycles. The van der Waals surface area contributed by atoms with Crippen molar-refractivity contribution in [3.63, 3.8) is 0 Å². The third-order valence-electron chi connectivity index (χ3n) is 3.70. The highest BCUT2D eigenvalue weighted by atomic mass is 16.5. The number of rotatable bonds is 1. The van der Waals surface area contributed by atoms with Crippen LogP contribution in [-0.2, 0) is 4.74 Å². The minimum absolute atomic E-state index is 0.0947. The molecule has 1 aliphatic rings. The number of carbonyl (C=O) groups is 2. The number of nitrogens with zero attached hydrogens (tertiary/aromatic N) is 1. The average molecular weight is 279 g/mol. The quantitative estimate of drug-likeness (QED) is 0.501. The first-order chi connectivity index (χ1) is 10.2. The third kappa shape index (κ3) is 1.43. The van der Waals surface area contributed by atoms with Gasteiger partial charge in [0.15, 0.2) is 11.5 Å². The maximum Gasteiger partial charge on any atom is 0.340 e. The molecule has 0 bridgehead atoms. The molecule has 1 aliphatic carbocycles. The van der Waals surface area contributed by atoms with Crippen molar-refractivity contribution in [1.29, 1.82) is 0 Å². The Kier molecular flexibility index (Phi) is 2.27. The summed E-state index contributed by atoms with van der Waals surface area (Å²) in [6.45, 7) is 0. The van der Waals surface area contributed by atoms with E-state index in [1.54, 1.807) is 30.3 Å². The van der Waals surface area contributed by atoms with E-state index >= 15 is 0 Å². The fourth-order valence-corrected chi connectivity index (χ4v) is 2.72. The smallest absolute Gasteiger partial charge is 0.340 e. The molecule has 5 heteroatoms. The van der Waals surface area contributed by atoms with E-state index in [2.05, 4.69) is 5.16 Å². The molecule has 0 radical (unpaired) electrons. The minimum Gasteiger partial charge on any atom is -0.465 e. The van der Waals surface area contributed by atoms with Crippen molar-refractivity contribution in [1.82, 2.24) is 5.16 Å². The van der Waals surface area contributed by atoms with E-state index in [1.165, 1.54) is 7.11 Å². The van der Waals surface area contributed by atoms with Crippen molar-refractivity contribution < 1.29 is 18.8 Å². The minimum atomic E-state index is -0.507. The number of methoxy groups -OCH3 is 1. The van der Waals surface area contributed by atoms with Crippen LogP contribution in [0, 0.1) is 0 Å². The summed E-state index contributed by atoms with van der Waals surface area (Å²) in [6, 6.07) is 10.4. The summed E-state index contributed by atoms with van der Waals surface area (Å²) in [7, 11) is 1.30. The van der Waals surface area contributed by atoms with Gasteiger partial charge in [0.05, 0.1) is 18.1 Å². The van der Waals surface area contributed by atoms with Crippen molar-refractivity contribution in [3.8, 4) is 11.3 Å². The Balaban J connectivity index is 2.13. The van der Waals surface area contributed by atoms with Gasteiger partial charge in [0.25, 0.3) is 0 Å². The van der Waals surface area contributed by atoms with Crippen molar-refractivity contribution in [2.75, 3.05) is 7.11 Å². The zero-order chi connectivity index (χ0) is 14.6. The van der Waals surface area contributed by atoms with Gasteiger partial charge in [-0.2, -0.15) is 0 Å². The monoisotopic (exact) mass is 279 g/mol. The highest BCUT2D eigenvalue weighted by Crippen LogP contribution is 2.40. The Morgan fingerprint density at radius 3 is 2.62 bits per heavy atom. The van der Waals surface area contributed by atoms with Crippen LogP contribution in [0.25, 0.3) is 22.2 Å². The van der Waals surface area contributed by atoms with Crippen LogP contribution in [0.3, 0.4) is 0 Å². The van der Waals surface area contributed by atoms with Crippen LogP contribution < -0.4 is 0 Å². The molecule has 1 heterocycles. The topological polar surface area (TPSA) is 69.4 Å². The summed E-state index contributed by atoms with van der Waals surface area (Å²) in [5, 5.41) is 4.54. The van der Waals surface area contributed by atoms with E-state index in [0.29, 0.717) is 38.9 Å². The van der Waals surface area contributed by atoms with E-state index < -0.39 is 5.97 Å². The maximum absolute atomic E-state index is 12.6. The fraction of sp³-hybridized carbons (Fsp3) is 0.0625. The molecule has 3 aromatic rings. The lowest BCUT2D eigenvalue weighted by atomic mass is 9.87. The Morgan fingerprint density at radius 1 is 1.10 bits per heavy atom. The number of carbonyl (C=O) groups excluding carboxylic acids is 2. The molecule has 0 fully saturated rings. The molecular formula is C16H9NO4. The zero-order valence-corrected chi connectivity index (χ0v) is 11.0. The first kappa shape index (κ1) is 11.8. The molecule has 1 aromatic heterocycles. The second-order valence-corrected chi connectivity index (χ2v) is 4.76. The molecule has 21 heavy (non-hydrogen) atoms. The number of aromatic nitrogens is 1. The molecule has 5 nitrogen and oxygen atoms in total. The zero-order valence-electron chi connectivity index (χ0n) is 11.0. The maximum atomic E-state index is 12.6. The number of hydrogen-bond acceptors (Lipinski definition) is 5. The van der Waals surface area contributed by atoms with Crippen LogP contribution in [0.5, 0.6) is 0 Å². The molecule has 0 unspecified atom stereocenters. The largest absolute Gasteiger partial charge is 0.465 e. The van der Waals surface area contributed by atoms with Gasteiger partial charge in [0, 0.05) is 16.7 Å². The molecular weight excluding hydrogens is 270 g/mol. The summed E-state index contributed by atoms with van der Waals surface area (Å²) in [5.41, 5.74) is 2.41. The van der Waals surface area contributed by atoms with Crippen LogP contribution in [0.4, 0.5) is 0 Å². The van der Waals surface area contributed by atoms with E-state index in [0.717, 1.165) is 0 Å². The molecule has 2 aromatic carbocycles. The Labute approximate surface area is 119 Å². The van der Waals surface area contributed by atoms with Crippen molar-refractivity contribution >= 4 is 22.7 Å². The molecule has 0 saturated heterocycles. The molecule has 0 spiro atoms. The van der Waals surface area contributed by atoms with Gasteiger partial charge in [0.1, 0.15) is 5.52 Å². The molecule has 0 atom stereocenters. The normalized spacial score (nSPS) is 12.3. The summed E-state index contributed by atoms with van der Waals surface area (Å²) >= 11 is 0. The lowest BCUT2D eigenvalue weighted by Gasteiger charge is -2.13. The van der Waals surface area contributed by atoms with Gasteiger partial charge >= 0.3 is 5.97 Å². The summed E-state index contributed by atoms with van der Waals surface area (Å²) < 4.78 is 10.1. The first-order valence-electron chi connectivity index (χ1n) is 6.37. The number of ether oxygens (including phenoxy) is 1. The standard InChI is InChI=1S/C16H9NO4/c1-20-16(19)11-7-6-10-12-13(11)17-21-15(12)9-5-3-2-4-8(9)14(10)18/h2-7H,1H3. The summed E-state index contributed by atoms with van der Waals surface area (Å²) in [6.07, 6.45) is 0. The Morgan fingerprint density at radius 2 is 1.86 bits per heavy atom. The van der Waals surface area contributed by atoms with Crippen molar-refractivity contribution in [2.24, 2.45) is 0 Å². The third-order valence-corrected chi connectivity index (χ3v) is 3.70.